The molecule has 0 unspecified atom stereocenters. The van der Waals surface area contributed by atoms with E-state index in [9.17, 15) is 9.59 Å². The van der Waals surface area contributed by atoms with Crippen molar-refractivity contribution in [2.24, 2.45) is 0 Å². The first kappa shape index (κ1) is 16.0. The maximum Gasteiger partial charge on any atom is 0.268 e. The van der Waals surface area contributed by atoms with Crippen LogP contribution in [-0.4, -0.2) is 45.8 Å². The number of hydrogen-bond acceptors (Lipinski definition) is 5. The highest BCUT2D eigenvalue weighted by atomic mass is 16.5. The van der Waals surface area contributed by atoms with Gasteiger partial charge in [-0.2, -0.15) is 5.10 Å². The van der Waals surface area contributed by atoms with Crippen molar-refractivity contribution in [3.8, 4) is 5.75 Å². The highest BCUT2D eigenvalue weighted by molar-refractivity contribution is 6.03. The average Bonchev–Trinajstić information content (AvgIpc) is 3.09. The zero-order valence-electron chi connectivity index (χ0n) is 13.4. The van der Waals surface area contributed by atoms with Crippen LogP contribution >= 0.6 is 0 Å². The van der Waals surface area contributed by atoms with Crippen molar-refractivity contribution in [3.63, 3.8) is 0 Å². The molecule has 2 heterocycles. The Morgan fingerprint density at radius 2 is 2.21 bits per heavy atom. The number of aryl methyl sites for hydroxylation is 1. The Morgan fingerprint density at radius 1 is 1.38 bits per heavy atom. The normalized spacial score (nSPS) is 16.5. The topological polar surface area (TPSA) is 89.3 Å². The van der Waals surface area contributed by atoms with Crippen LogP contribution in [0.2, 0.25) is 0 Å². The van der Waals surface area contributed by atoms with Gasteiger partial charge in [-0.05, 0) is 25.5 Å². The summed E-state index contributed by atoms with van der Waals surface area (Å²) in [5.74, 6) is 0.195. The molecule has 0 saturated heterocycles. The van der Waals surface area contributed by atoms with E-state index in [4.69, 9.17) is 4.74 Å². The Hall–Kier alpha value is -2.90. The third-order valence-corrected chi connectivity index (χ3v) is 3.73. The van der Waals surface area contributed by atoms with Gasteiger partial charge in [0.25, 0.3) is 5.91 Å². The molecule has 2 amide bonds. The van der Waals surface area contributed by atoms with Crippen LogP contribution in [0.4, 0.5) is 5.69 Å². The molecular weight excluding hydrogens is 310 g/mol. The second kappa shape index (κ2) is 7.12. The number of nitrogens with one attached hydrogen (secondary N) is 1. The highest BCUT2D eigenvalue weighted by Crippen LogP contribution is 2.33. The summed E-state index contributed by atoms with van der Waals surface area (Å²) >= 11 is 0. The first-order valence-corrected chi connectivity index (χ1v) is 7.81. The first-order chi connectivity index (χ1) is 11.6. The van der Waals surface area contributed by atoms with Gasteiger partial charge >= 0.3 is 0 Å². The fourth-order valence-corrected chi connectivity index (χ4v) is 2.54. The molecule has 126 valence electrons. The van der Waals surface area contributed by atoms with Gasteiger partial charge in [0.2, 0.25) is 5.91 Å². The molecule has 0 aliphatic carbocycles. The summed E-state index contributed by atoms with van der Waals surface area (Å²) in [4.78, 5) is 29.8. The van der Waals surface area contributed by atoms with E-state index >= 15 is 0 Å². The van der Waals surface area contributed by atoms with Crippen LogP contribution in [0.1, 0.15) is 13.3 Å². The van der Waals surface area contributed by atoms with Gasteiger partial charge in [-0.3, -0.25) is 19.2 Å². The molecule has 2 aromatic rings. The van der Waals surface area contributed by atoms with E-state index in [0.29, 0.717) is 24.5 Å². The SMILES string of the molecule is C[C@H]1Oc2ccccc2N(CC(=O)NCCCn2cncn2)C1=O. The van der Waals surface area contributed by atoms with Crippen LogP contribution in [0.5, 0.6) is 5.75 Å². The molecule has 1 aromatic carbocycles. The fraction of sp³-hybridized carbons (Fsp3) is 0.375. The van der Waals surface area contributed by atoms with Crippen molar-refractivity contribution in [1.29, 1.82) is 0 Å². The summed E-state index contributed by atoms with van der Waals surface area (Å²) < 4.78 is 7.26. The second-order valence-electron chi connectivity index (χ2n) is 5.51. The minimum atomic E-state index is -0.597. The number of carbonyl (C=O) groups is 2. The quantitative estimate of drug-likeness (QED) is 0.784. The molecule has 1 atom stereocenters. The van der Waals surface area contributed by atoms with Crippen molar-refractivity contribution in [2.45, 2.75) is 26.0 Å². The average molecular weight is 329 g/mol. The van der Waals surface area contributed by atoms with E-state index in [-0.39, 0.29) is 18.4 Å². The first-order valence-electron chi connectivity index (χ1n) is 7.81. The van der Waals surface area contributed by atoms with Gasteiger partial charge < -0.3 is 10.1 Å². The van der Waals surface area contributed by atoms with Gasteiger partial charge in [-0.15, -0.1) is 0 Å². The number of aromatic nitrogens is 3. The summed E-state index contributed by atoms with van der Waals surface area (Å²) in [6.07, 6.45) is 3.24. The molecule has 0 saturated carbocycles. The molecule has 0 fully saturated rings. The molecule has 1 aliphatic heterocycles. The lowest BCUT2D eigenvalue weighted by Gasteiger charge is -2.32. The molecule has 1 aromatic heterocycles. The highest BCUT2D eigenvalue weighted by Gasteiger charge is 2.32. The molecule has 0 bridgehead atoms. The Balaban J connectivity index is 1.54. The van der Waals surface area contributed by atoms with Crippen LogP contribution in [0.15, 0.2) is 36.9 Å². The zero-order valence-corrected chi connectivity index (χ0v) is 13.4. The van der Waals surface area contributed by atoms with Crippen LogP contribution in [-0.2, 0) is 16.1 Å². The Kier molecular flexibility index (Phi) is 4.74. The maximum atomic E-state index is 12.3. The minimum Gasteiger partial charge on any atom is -0.479 e. The monoisotopic (exact) mass is 329 g/mol. The molecular formula is C16H19N5O3. The summed E-state index contributed by atoms with van der Waals surface area (Å²) in [5, 5.41) is 6.82. The van der Waals surface area contributed by atoms with E-state index in [1.54, 1.807) is 30.1 Å². The third-order valence-electron chi connectivity index (χ3n) is 3.73. The summed E-state index contributed by atoms with van der Waals surface area (Å²) in [6, 6.07) is 7.22. The molecule has 8 nitrogen and oxygen atoms in total. The van der Waals surface area contributed by atoms with Gasteiger partial charge in [0.1, 0.15) is 24.9 Å². The Labute approximate surface area is 139 Å². The lowest BCUT2D eigenvalue weighted by molar-refractivity contribution is -0.128. The van der Waals surface area contributed by atoms with Gasteiger partial charge in [0.15, 0.2) is 6.10 Å². The van der Waals surface area contributed by atoms with E-state index in [1.165, 1.54) is 11.2 Å². The largest absolute Gasteiger partial charge is 0.479 e. The van der Waals surface area contributed by atoms with E-state index in [1.807, 2.05) is 12.1 Å². The number of anilines is 1. The van der Waals surface area contributed by atoms with E-state index < -0.39 is 6.10 Å². The van der Waals surface area contributed by atoms with E-state index in [0.717, 1.165) is 6.42 Å². The molecule has 8 heteroatoms. The molecule has 24 heavy (non-hydrogen) atoms. The minimum absolute atomic E-state index is 0.0210. The number of para-hydroxylation sites is 2. The molecule has 1 N–H and O–H groups in total. The van der Waals surface area contributed by atoms with Crippen molar-refractivity contribution in [3.05, 3.63) is 36.9 Å². The number of rotatable bonds is 6. The van der Waals surface area contributed by atoms with Crippen molar-refractivity contribution < 1.29 is 14.3 Å². The lowest BCUT2D eigenvalue weighted by Crippen LogP contribution is -2.48. The van der Waals surface area contributed by atoms with Gasteiger partial charge in [0, 0.05) is 13.1 Å². The third kappa shape index (κ3) is 3.53. The molecule has 0 spiro atoms. The van der Waals surface area contributed by atoms with E-state index in [2.05, 4.69) is 15.4 Å². The van der Waals surface area contributed by atoms with Crippen molar-refractivity contribution in [1.82, 2.24) is 20.1 Å². The van der Waals surface area contributed by atoms with Crippen LogP contribution in [0.3, 0.4) is 0 Å². The second-order valence-corrected chi connectivity index (χ2v) is 5.51. The zero-order chi connectivity index (χ0) is 16.9. The molecule has 3 rings (SSSR count). The predicted octanol–water partition coefficient (Wildman–Crippen LogP) is 0.598. The van der Waals surface area contributed by atoms with Crippen LogP contribution in [0, 0.1) is 0 Å². The summed E-state index contributed by atoms with van der Waals surface area (Å²) in [5.41, 5.74) is 0.623. The maximum absolute atomic E-state index is 12.3. The summed E-state index contributed by atoms with van der Waals surface area (Å²) in [6.45, 7) is 2.85. The fourth-order valence-electron chi connectivity index (χ4n) is 2.54. The predicted molar refractivity (Wildman–Crippen MR) is 86.5 cm³/mol. The van der Waals surface area contributed by atoms with Gasteiger partial charge in [0.05, 0.1) is 5.69 Å². The standard InChI is InChI=1S/C16H19N5O3/c1-12-16(23)21(13-5-2-3-6-14(13)24-12)9-15(22)18-7-4-8-20-11-17-10-19-20/h2-3,5-6,10-12H,4,7-9H2,1H3,(H,18,22)/t12-/m1/s1. The van der Waals surface area contributed by atoms with Gasteiger partial charge in [-0.25, -0.2) is 4.98 Å². The Bertz CT molecular complexity index is 716. The number of ether oxygens (including phenoxy) is 1. The number of amides is 2. The number of fused-ring (bicyclic) bond motifs is 1. The van der Waals surface area contributed by atoms with Crippen molar-refractivity contribution >= 4 is 17.5 Å². The number of nitrogens with zero attached hydrogens (tertiary/aromatic N) is 4. The molecule has 1 aliphatic rings. The molecule has 0 radical (unpaired) electrons. The lowest BCUT2D eigenvalue weighted by atomic mass is 10.2. The van der Waals surface area contributed by atoms with Crippen LogP contribution in [0.25, 0.3) is 0 Å². The van der Waals surface area contributed by atoms with Crippen LogP contribution < -0.4 is 15.0 Å². The summed E-state index contributed by atoms with van der Waals surface area (Å²) in [7, 11) is 0. The van der Waals surface area contributed by atoms with Crippen molar-refractivity contribution in [2.75, 3.05) is 18.0 Å². The van der Waals surface area contributed by atoms with Gasteiger partial charge in [-0.1, -0.05) is 12.1 Å². The smallest absolute Gasteiger partial charge is 0.268 e. The number of hydrogen-bond donors (Lipinski definition) is 1. The number of benzene rings is 1. The Morgan fingerprint density at radius 3 is 3.00 bits per heavy atom. The number of carbonyl (C=O) groups excluding carboxylic acids is 2.